The van der Waals surface area contributed by atoms with Crippen LogP contribution in [0.25, 0.3) is 0 Å². The Morgan fingerprint density at radius 3 is 2.72 bits per heavy atom. The van der Waals surface area contributed by atoms with Gasteiger partial charge >= 0.3 is 6.09 Å². The molecule has 1 unspecified atom stereocenters. The molecule has 1 aliphatic rings. The summed E-state index contributed by atoms with van der Waals surface area (Å²) in [6.45, 7) is 7.67. The predicted octanol–water partition coefficient (Wildman–Crippen LogP) is 5.44. The van der Waals surface area contributed by atoms with E-state index in [-0.39, 0.29) is 12.1 Å². The van der Waals surface area contributed by atoms with Gasteiger partial charge in [-0.3, -0.25) is 4.90 Å². The van der Waals surface area contributed by atoms with Crippen molar-refractivity contribution in [2.45, 2.75) is 52.2 Å². The predicted molar refractivity (Wildman–Crippen MR) is 117 cm³/mol. The van der Waals surface area contributed by atoms with Crippen molar-refractivity contribution in [3.63, 3.8) is 0 Å². The number of amides is 1. The first kappa shape index (κ1) is 21.0. The highest BCUT2D eigenvalue weighted by Crippen LogP contribution is 2.38. The van der Waals surface area contributed by atoms with Crippen LogP contribution in [-0.2, 0) is 4.74 Å². The lowest BCUT2D eigenvalue weighted by molar-refractivity contribution is 0.0251. The number of hydrogen-bond acceptors (Lipinski definition) is 6. The van der Waals surface area contributed by atoms with Gasteiger partial charge in [0, 0.05) is 18.3 Å². The van der Waals surface area contributed by atoms with Crippen molar-refractivity contribution < 1.29 is 14.3 Å². The summed E-state index contributed by atoms with van der Waals surface area (Å²) in [6, 6.07) is 9.61. The second-order valence-corrected chi connectivity index (χ2v) is 9.06. The number of nitrogens with zero attached hydrogens (tertiary/aromatic N) is 1. The van der Waals surface area contributed by atoms with Crippen molar-refractivity contribution in [1.29, 1.82) is 0 Å². The van der Waals surface area contributed by atoms with Crippen LogP contribution in [0.1, 0.15) is 57.0 Å². The standard InChI is InChI=1S/C22H29N3O3S/c1-6-8-17-20(23)24-15-13-14(10-11-16(15)27-17)19(18-9-7-12-29-18)25(5)21(26)28-22(2,3)4/h7,9-13,19,24H,6,8,23H2,1-5H3. The molecule has 3 rings (SSSR count). The summed E-state index contributed by atoms with van der Waals surface area (Å²) >= 11 is 1.60. The molecular formula is C22H29N3O3S. The van der Waals surface area contributed by atoms with E-state index in [9.17, 15) is 4.79 Å². The molecule has 0 aliphatic carbocycles. The van der Waals surface area contributed by atoms with E-state index in [2.05, 4.69) is 12.2 Å². The van der Waals surface area contributed by atoms with Crippen LogP contribution in [0, 0.1) is 0 Å². The highest BCUT2D eigenvalue weighted by molar-refractivity contribution is 7.10. The summed E-state index contributed by atoms with van der Waals surface area (Å²) in [7, 11) is 1.76. The van der Waals surface area contributed by atoms with Gasteiger partial charge in [0.05, 0.1) is 11.7 Å². The number of nitrogens with two attached hydrogens (primary N) is 1. The molecule has 2 aromatic rings. The van der Waals surface area contributed by atoms with Gasteiger partial charge in [-0.15, -0.1) is 11.3 Å². The van der Waals surface area contributed by atoms with Crippen LogP contribution in [0.4, 0.5) is 10.5 Å². The maximum atomic E-state index is 12.8. The Hall–Kier alpha value is -2.67. The number of hydrogen-bond donors (Lipinski definition) is 2. The average Bonchev–Trinajstić information content (AvgIpc) is 3.15. The molecule has 3 N–H and O–H groups in total. The number of anilines is 1. The molecule has 1 aromatic carbocycles. The third-order valence-electron chi connectivity index (χ3n) is 4.48. The fraction of sp³-hybridized carbons (Fsp3) is 0.409. The first-order valence-corrected chi connectivity index (χ1v) is 10.6. The lowest BCUT2D eigenvalue weighted by Crippen LogP contribution is -2.37. The molecule has 1 aliphatic heterocycles. The van der Waals surface area contributed by atoms with Crippen LogP contribution in [-0.4, -0.2) is 23.6 Å². The lowest BCUT2D eigenvalue weighted by atomic mass is 10.0. The second-order valence-electron chi connectivity index (χ2n) is 8.08. The molecule has 2 heterocycles. The molecule has 7 heteroatoms. The van der Waals surface area contributed by atoms with Crippen LogP contribution >= 0.6 is 11.3 Å². The summed E-state index contributed by atoms with van der Waals surface area (Å²) in [4.78, 5) is 15.4. The number of allylic oxidation sites excluding steroid dienone is 1. The van der Waals surface area contributed by atoms with Crippen molar-refractivity contribution in [2.24, 2.45) is 5.73 Å². The van der Waals surface area contributed by atoms with E-state index in [1.165, 1.54) is 0 Å². The smallest absolute Gasteiger partial charge is 0.410 e. The molecule has 0 spiro atoms. The number of carbonyl (C=O) groups is 1. The number of nitrogens with one attached hydrogen (secondary N) is 1. The summed E-state index contributed by atoms with van der Waals surface area (Å²) in [5, 5.41) is 5.25. The zero-order valence-corrected chi connectivity index (χ0v) is 18.4. The van der Waals surface area contributed by atoms with Crippen LogP contribution in [0.2, 0.25) is 0 Å². The summed E-state index contributed by atoms with van der Waals surface area (Å²) in [5.74, 6) is 2.02. The number of fused-ring (bicyclic) bond motifs is 1. The topological polar surface area (TPSA) is 76.8 Å². The van der Waals surface area contributed by atoms with Crippen molar-refractivity contribution in [3.05, 3.63) is 57.7 Å². The van der Waals surface area contributed by atoms with Crippen molar-refractivity contribution in [1.82, 2.24) is 4.90 Å². The minimum atomic E-state index is -0.564. The number of thiophene rings is 1. The monoisotopic (exact) mass is 415 g/mol. The fourth-order valence-corrected chi connectivity index (χ4v) is 4.08. The Morgan fingerprint density at radius 1 is 1.34 bits per heavy atom. The average molecular weight is 416 g/mol. The van der Waals surface area contributed by atoms with Gasteiger partial charge in [0.15, 0.2) is 5.75 Å². The summed E-state index contributed by atoms with van der Waals surface area (Å²) in [6.07, 6.45) is 1.35. The van der Waals surface area contributed by atoms with E-state index >= 15 is 0 Å². The number of carbonyl (C=O) groups excluding carboxylic acids is 1. The van der Waals surface area contributed by atoms with Gasteiger partial charge in [0.1, 0.15) is 17.2 Å². The Bertz CT molecular complexity index is 901. The van der Waals surface area contributed by atoms with E-state index in [1.54, 1.807) is 23.3 Å². The van der Waals surface area contributed by atoms with Gasteiger partial charge in [-0.1, -0.05) is 19.1 Å². The van der Waals surface area contributed by atoms with Crippen molar-refractivity contribution in [3.8, 4) is 5.75 Å². The highest BCUT2D eigenvalue weighted by Gasteiger charge is 2.29. The zero-order valence-electron chi connectivity index (χ0n) is 17.6. The number of rotatable bonds is 5. The van der Waals surface area contributed by atoms with E-state index in [0.29, 0.717) is 5.82 Å². The third kappa shape index (κ3) is 4.85. The maximum Gasteiger partial charge on any atom is 0.410 e. The molecule has 0 saturated heterocycles. The van der Waals surface area contributed by atoms with Crippen LogP contribution in [0.15, 0.2) is 47.3 Å². The fourth-order valence-electron chi connectivity index (χ4n) is 3.18. The first-order chi connectivity index (χ1) is 13.7. The molecule has 1 amide bonds. The lowest BCUT2D eigenvalue weighted by Gasteiger charge is -2.31. The highest BCUT2D eigenvalue weighted by atomic mass is 32.1. The third-order valence-corrected chi connectivity index (χ3v) is 5.41. The quantitative estimate of drug-likeness (QED) is 0.680. The van der Waals surface area contributed by atoms with Crippen LogP contribution in [0.5, 0.6) is 5.75 Å². The Kier molecular flexibility index (Phi) is 6.07. The number of ether oxygens (including phenoxy) is 2. The SMILES string of the molecule is CCCC1=C(N)Nc2cc(C(c3cccs3)N(C)C(=O)OC(C)(C)C)ccc2O1. The summed E-state index contributed by atoms with van der Waals surface area (Å²) in [5.41, 5.74) is 7.31. The van der Waals surface area contributed by atoms with E-state index in [4.69, 9.17) is 15.2 Å². The van der Waals surface area contributed by atoms with E-state index < -0.39 is 5.60 Å². The Labute approximate surface area is 176 Å². The molecule has 0 saturated carbocycles. The van der Waals surface area contributed by atoms with E-state index in [0.717, 1.165) is 40.5 Å². The van der Waals surface area contributed by atoms with Crippen molar-refractivity contribution in [2.75, 3.05) is 12.4 Å². The zero-order chi connectivity index (χ0) is 21.2. The minimum absolute atomic E-state index is 0.279. The van der Waals surface area contributed by atoms with Gasteiger partial charge in [0.2, 0.25) is 0 Å². The van der Waals surface area contributed by atoms with Crippen molar-refractivity contribution >= 4 is 23.1 Å². The second kappa shape index (κ2) is 8.37. The molecule has 29 heavy (non-hydrogen) atoms. The summed E-state index contributed by atoms with van der Waals surface area (Å²) < 4.78 is 11.6. The van der Waals surface area contributed by atoms with Gasteiger partial charge in [-0.2, -0.15) is 0 Å². The Balaban J connectivity index is 1.94. The Morgan fingerprint density at radius 2 is 2.10 bits per heavy atom. The largest absolute Gasteiger partial charge is 0.456 e. The molecule has 0 radical (unpaired) electrons. The minimum Gasteiger partial charge on any atom is -0.456 e. The molecule has 0 bridgehead atoms. The number of benzene rings is 1. The van der Waals surface area contributed by atoms with Gasteiger partial charge in [0.25, 0.3) is 0 Å². The van der Waals surface area contributed by atoms with Gasteiger partial charge in [-0.05, 0) is 56.3 Å². The molecule has 1 aromatic heterocycles. The van der Waals surface area contributed by atoms with Crippen LogP contribution in [0.3, 0.4) is 0 Å². The van der Waals surface area contributed by atoms with Gasteiger partial charge in [-0.25, -0.2) is 4.79 Å². The molecular weight excluding hydrogens is 386 g/mol. The molecule has 156 valence electrons. The van der Waals surface area contributed by atoms with Crippen LogP contribution < -0.4 is 15.8 Å². The van der Waals surface area contributed by atoms with Gasteiger partial charge < -0.3 is 20.5 Å². The molecule has 0 fully saturated rings. The maximum absolute atomic E-state index is 12.8. The normalized spacial score (nSPS) is 14.5. The first-order valence-electron chi connectivity index (χ1n) is 9.76. The molecule has 6 nitrogen and oxygen atoms in total. The molecule has 1 atom stereocenters. The van der Waals surface area contributed by atoms with E-state index in [1.807, 2.05) is 56.5 Å².